The summed E-state index contributed by atoms with van der Waals surface area (Å²) in [6.45, 7) is 0. The predicted molar refractivity (Wildman–Crippen MR) is 93.3 cm³/mol. The van der Waals surface area contributed by atoms with Gasteiger partial charge in [-0.15, -0.1) is 4.40 Å². The van der Waals surface area contributed by atoms with Gasteiger partial charge in [-0.05, 0) is 24.3 Å². The first-order chi connectivity index (χ1) is 11.4. The van der Waals surface area contributed by atoms with Gasteiger partial charge in [0.05, 0.1) is 13.3 Å². The quantitative estimate of drug-likeness (QED) is 0.597. The van der Waals surface area contributed by atoms with E-state index in [0.717, 1.165) is 0 Å². The van der Waals surface area contributed by atoms with Crippen molar-refractivity contribution in [3.8, 4) is 11.5 Å². The second kappa shape index (κ2) is 6.25. The van der Waals surface area contributed by atoms with Gasteiger partial charge in [-0.1, -0.05) is 28.1 Å². The highest BCUT2D eigenvalue weighted by atomic mass is 79.9. The minimum atomic E-state index is -3.70. The molecule has 0 spiro atoms. The Morgan fingerprint density at radius 1 is 1.33 bits per heavy atom. The molecule has 9 heteroatoms. The molecule has 2 aromatic carbocycles. The zero-order valence-corrected chi connectivity index (χ0v) is 14.8. The molecule has 1 aliphatic heterocycles. The third-order valence-corrected chi connectivity index (χ3v) is 5.09. The summed E-state index contributed by atoms with van der Waals surface area (Å²) in [5.74, 6) is 0.341. The van der Waals surface area contributed by atoms with Crippen LogP contribution in [0.4, 0.5) is 0 Å². The standard InChI is InChI=1S/C15H12BrN3O4S/c1-23-12-7-10(16)6-9(14(12)20)8-17-18-15-11-4-2-3-5-13(11)24(21,22)19-15/h2-8,20H,1H3,(H,18,19). The maximum Gasteiger partial charge on any atom is 0.285 e. The van der Waals surface area contributed by atoms with Gasteiger partial charge in [0.15, 0.2) is 17.3 Å². The van der Waals surface area contributed by atoms with E-state index in [4.69, 9.17) is 4.74 Å². The third kappa shape index (κ3) is 3.00. The van der Waals surface area contributed by atoms with Crippen molar-refractivity contribution in [2.45, 2.75) is 4.90 Å². The second-order valence-electron chi connectivity index (χ2n) is 4.83. The summed E-state index contributed by atoms with van der Waals surface area (Å²) in [5, 5.41) is 14.0. The summed E-state index contributed by atoms with van der Waals surface area (Å²) in [6.07, 6.45) is 1.35. The van der Waals surface area contributed by atoms with Crippen molar-refractivity contribution in [1.82, 2.24) is 5.43 Å². The molecule has 7 nitrogen and oxygen atoms in total. The number of hydrogen-bond donors (Lipinski definition) is 2. The fourth-order valence-electron chi connectivity index (χ4n) is 2.20. The topological polar surface area (TPSA) is 100 Å². The summed E-state index contributed by atoms with van der Waals surface area (Å²) in [4.78, 5) is 0.134. The molecule has 0 aromatic heterocycles. The molecule has 1 aliphatic rings. The van der Waals surface area contributed by atoms with Gasteiger partial charge in [-0.25, -0.2) is 0 Å². The number of rotatable bonds is 3. The van der Waals surface area contributed by atoms with E-state index >= 15 is 0 Å². The summed E-state index contributed by atoms with van der Waals surface area (Å²) >= 11 is 3.31. The van der Waals surface area contributed by atoms with Gasteiger partial charge in [-0.2, -0.15) is 13.5 Å². The number of nitrogens with one attached hydrogen (secondary N) is 1. The number of hydrogen-bond acceptors (Lipinski definition) is 6. The SMILES string of the molecule is COc1cc(Br)cc(C=NNC2=NS(=O)(=O)c3ccccc32)c1O. The smallest absolute Gasteiger partial charge is 0.285 e. The lowest BCUT2D eigenvalue weighted by Gasteiger charge is -2.07. The summed E-state index contributed by atoms with van der Waals surface area (Å²) in [5.41, 5.74) is 3.44. The van der Waals surface area contributed by atoms with Crippen LogP contribution >= 0.6 is 15.9 Å². The lowest BCUT2D eigenvalue weighted by atomic mass is 10.2. The molecule has 0 saturated carbocycles. The Bertz CT molecular complexity index is 971. The van der Waals surface area contributed by atoms with Crippen LogP contribution in [0.1, 0.15) is 11.1 Å². The van der Waals surface area contributed by atoms with E-state index in [1.165, 1.54) is 19.4 Å². The number of aromatic hydroxyl groups is 1. The molecular weight excluding hydrogens is 398 g/mol. The number of phenolic OH excluding ortho intramolecular Hbond substituents is 1. The summed E-state index contributed by atoms with van der Waals surface area (Å²) in [7, 11) is -2.26. The van der Waals surface area contributed by atoms with Crippen LogP contribution in [0.5, 0.6) is 11.5 Å². The van der Waals surface area contributed by atoms with Gasteiger partial charge in [0.25, 0.3) is 10.0 Å². The normalized spacial score (nSPS) is 15.2. The lowest BCUT2D eigenvalue weighted by Crippen LogP contribution is -2.17. The molecule has 0 fully saturated rings. The van der Waals surface area contributed by atoms with Crippen LogP contribution in [0.2, 0.25) is 0 Å². The van der Waals surface area contributed by atoms with Crippen LogP contribution in [0.15, 0.2) is 55.3 Å². The molecule has 2 aromatic rings. The Balaban J connectivity index is 1.88. The number of methoxy groups -OCH3 is 1. The number of sulfonamides is 1. The number of ether oxygens (including phenoxy) is 1. The highest BCUT2D eigenvalue weighted by Crippen LogP contribution is 2.32. The van der Waals surface area contributed by atoms with E-state index in [1.54, 1.807) is 30.3 Å². The van der Waals surface area contributed by atoms with Crippen LogP contribution in [0, 0.1) is 0 Å². The van der Waals surface area contributed by atoms with Gasteiger partial charge in [0, 0.05) is 15.6 Å². The zero-order valence-electron chi connectivity index (χ0n) is 12.4. The highest BCUT2D eigenvalue weighted by molar-refractivity contribution is 9.10. The van der Waals surface area contributed by atoms with Gasteiger partial charge < -0.3 is 9.84 Å². The number of halogens is 1. The Morgan fingerprint density at radius 2 is 2.08 bits per heavy atom. The minimum Gasteiger partial charge on any atom is -0.504 e. The fraction of sp³-hybridized carbons (Fsp3) is 0.0667. The summed E-state index contributed by atoms with van der Waals surface area (Å²) in [6, 6.07) is 9.72. The van der Waals surface area contributed by atoms with E-state index in [9.17, 15) is 13.5 Å². The van der Waals surface area contributed by atoms with Crippen molar-refractivity contribution in [3.05, 3.63) is 52.0 Å². The Hall–Kier alpha value is -2.39. The lowest BCUT2D eigenvalue weighted by molar-refractivity contribution is 0.373. The van der Waals surface area contributed by atoms with Crippen molar-refractivity contribution < 1.29 is 18.3 Å². The van der Waals surface area contributed by atoms with Gasteiger partial charge in [-0.3, -0.25) is 5.43 Å². The molecule has 0 radical (unpaired) electrons. The summed E-state index contributed by atoms with van der Waals surface area (Å²) < 4.78 is 33.3. The molecule has 0 aliphatic carbocycles. The molecule has 0 amide bonds. The third-order valence-electron chi connectivity index (χ3n) is 3.29. The van der Waals surface area contributed by atoms with Gasteiger partial charge in [0.1, 0.15) is 4.90 Å². The molecule has 24 heavy (non-hydrogen) atoms. The van der Waals surface area contributed by atoms with Crippen molar-refractivity contribution in [2.75, 3.05) is 7.11 Å². The number of amidine groups is 1. The maximum atomic E-state index is 11.9. The molecule has 0 bridgehead atoms. The Morgan fingerprint density at radius 3 is 2.83 bits per heavy atom. The fourth-order valence-corrected chi connectivity index (χ4v) is 3.82. The van der Waals surface area contributed by atoms with Crippen LogP contribution in [-0.4, -0.2) is 32.7 Å². The number of benzene rings is 2. The van der Waals surface area contributed by atoms with E-state index in [0.29, 0.717) is 15.6 Å². The minimum absolute atomic E-state index is 0.0763. The van der Waals surface area contributed by atoms with Crippen molar-refractivity contribution in [2.24, 2.45) is 9.50 Å². The molecule has 0 saturated heterocycles. The highest BCUT2D eigenvalue weighted by Gasteiger charge is 2.28. The second-order valence-corrected chi connectivity index (χ2v) is 7.32. The molecule has 0 atom stereocenters. The number of fused-ring (bicyclic) bond motifs is 1. The number of hydrazone groups is 1. The van der Waals surface area contributed by atoms with Crippen LogP contribution in [0.25, 0.3) is 0 Å². The molecule has 1 heterocycles. The number of nitrogens with zero attached hydrogens (tertiary/aromatic N) is 2. The molecule has 3 rings (SSSR count). The average molecular weight is 410 g/mol. The molecule has 0 unspecified atom stereocenters. The van der Waals surface area contributed by atoms with E-state index < -0.39 is 10.0 Å². The Labute approximate surface area is 146 Å². The van der Waals surface area contributed by atoms with Crippen LogP contribution < -0.4 is 10.2 Å². The Kier molecular flexibility index (Phi) is 4.29. The van der Waals surface area contributed by atoms with E-state index in [2.05, 4.69) is 30.9 Å². The average Bonchev–Trinajstić information content (AvgIpc) is 2.82. The largest absolute Gasteiger partial charge is 0.504 e. The molecule has 124 valence electrons. The molecule has 2 N–H and O–H groups in total. The zero-order chi connectivity index (χ0) is 17.3. The van der Waals surface area contributed by atoms with Crippen molar-refractivity contribution in [3.63, 3.8) is 0 Å². The predicted octanol–water partition coefficient (Wildman–Crippen LogP) is 2.24. The maximum absolute atomic E-state index is 11.9. The van der Waals surface area contributed by atoms with E-state index in [-0.39, 0.29) is 22.2 Å². The number of phenols is 1. The monoisotopic (exact) mass is 409 g/mol. The van der Waals surface area contributed by atoms with Crippen LogP contribution in [0.3, 0.4) is 0 Å². The molecular formula is C15H12BrN3O4S. The van der Waals surface area contributed by atoms with E-state index in [1.807, 2.05) is 0 Å². The van der Waals surface area contributed by atoms with Crippen molar-refractivity contribution in [1.29, 1.82) is 0 Å². The first-order valence-electron chi connectivity index (χ1n) is 6.72. The van der Waals surface area contributed by atoms with Crippen LogP contribution in [-0.2, 0) is 10.0 Å². The first kappa shape index (κ1) is 16.5. The van der Waals surface area contributed by atoms with Crippen molar-refractivity contribution >= 4 is 38.0 Å². The van der Waals surface area contributed by atoms with Gasteiger partial charge in [0.2, 0.25) is 0 Å². The first-order valence-corrected chi connectivity index (χ1v) is 8.95. The van der Waals surface area contributed by atoms with Gasteiger partial charge >= 0.3 is 0 Å².